The molecule has 0 aliphatic heterocycles. The molecule has 0 atom stereocenters. The van der Waals surface area contributed by atoms with Gasteiger partial charge in [0.2, 0.25) is 0 Å². The first-order chi connectivity index (χ1) is 9.81. The molecule has 0 radical (unpaired) electrons. The lowest BCUT2D eigenvalue weighted by atomic mass is 10.0. The maximum atomic E-state index is 11.9. The van der Waals surface area contributed by atoms with Crippen LogP contribution in [0.15, 0.2) is 66.9 Å². The van der Waals surface area contributed by atoms with Crippen molar-refractivity contribution in [3.05, 3.63) is 72.4 Å². The maximum Gasteiger partial charge on any atom is 0.255 e. The summed E-state index contributed by atoms with van der Waals surface area (Å²) in [6.45, 7) is 2.11. The number of unbranched alkanes of at least 4 members (excludes halogenated alkanes) is 1. The van der Waals surface area contributed by atoms with Crippen molar-refractivity contribution >= 4 is 5.91 Å². The standard InChI is InChI=1S/C18H19NO/c1-2-3-7-14-19-18(20)17-12-10-16(11-13-17)15-8-5-4-6-9-15/h4-14H,2-3H2,1H3,(H,19,20). The SMILES string of the molecule is CCCC=CNC(=O)c1ccc(-c2ccccc2)cc1. The molecule has 2 aromatic rings. The highest BCUT2D eigenvalue weighted by atomic mass is 16.1. The van der Waals surface area contributed by atoms with Crippen LogP contribution < -0.4 is 5.32 Å². The second kappa shape index (κ2) is 7.29. The maximum absolute atomic E-state index is 11.9. The Morgan fingerprint density at radius 1 is 1.00 bits per heavy atom. The molecule has 1 N–H and O–H groups in total. The molecular formula is C18H19NO. The quantitative estimate of drug-likeness (QED) is 0.853. The van der Waals surface area contributed by atoms with E-state index in [1.165, 1.54) is 0 Å². The molecule has 102 valence electrons. The fraction of sp³-hybridized carbons (Fsp3) is 0.167. The molecule has 0 aliphatic carbocycles. The van der Waals surface area contributed by atoms with Gasteiger partial charge in [0, 0.05) is 11.8 Å². The van der Waals surface area contributed by atoms with Crippen LogP contribution in [0.3, 0.4) is 0 Å². The van der Waals surface area contributed by atoms with Gasteiger partial charge in [-0.3, -0.25) is 4.79 Å². The van der Waals surface area contributed by atoms with Gasteiger partial charge in [0.05, 0.1) is 0 Å². The molecule has 0 aliphatic rings. The molecular weight excluding hydrogens is 246 g/mol. The normalized spacial score (nSPS) is 10.7. The van der Waals surface area contributed by atoms with E-state index in [1.807, 2.05) is 48.5 Å². The van der Waals surface area contributed by atoms with Crippen LogP contribution in [-0.4, -0.2) is 5.91 Å². The average Bonchev–Trinajstić information content (AvgIpc) is 2.52. The number of rotatable bonds is 5. The van der Waals surface area contributed by atoms with Gasteiger partial charge in [-0.15, -0.1) is 0 Å². The zero-order valence-corrected chi connectivity index (χ0v) is 11.7. The van der Waals surface area contributed by atoms with Crippen molar-refractivity contribution in [3.8, 4) is 11.1 Å². The summed E-state index contributed by atoms with van der Waals surface area (Å²) >= 11 is 0. The van der Waals surface area contributed by atoms with E-state index >= 15 is 0 Å². The average molecular weight is 265 g/mol. The van der Waals surface area contributed by atoms with Crippen molar-refractivity contribution < 1.29 is 4.79 Å². The number of amides is 1. The zero-order valence-electron chi connectivity index (χ0n) is 11.7. The summed E-state index contributed by atoms with van der Waals surface area (Å²) in [7, 11) is 0. The molecule has 2 rings (SSSR count). The van der Waals surface area contributed by atoms with Gasteiger partial charge < -0.3 is 5.32 Å². The minimum absolute atomic E-state index is 0.0723. The van der Waals surface area contributed by atoms with Crippen LogP contribution >= 0.6 is 0 Å². The van der Waals surface area contributed by atoms with Crippen LogP contribution in [0.2, 0.25) is 0 Å². The van der Waals surface area contributed by atoms with Crippen LogP contribution in [0.1, 0.15) is 30.1 Å². The summed E-state index contributed by atoms with van der Waals surface area (Å²) < 4.78 is 0. The molecule has 0 bridgehead atoms. The van der Waals surface area contributed by atoms with Gasteiger partial charge in [-0.05, 0) is 29.7 Å². The summed E-state index contributed by atoms with van der Waals surface area (Å²) in [5.74, 6) is -0.0723. The lowest BCUT2D eigenvalue weighted by Gasteiger charge is -2.04. The Morgan fingerprint density at radius 3 is 2.30 bits per heavy atom. The van der Waals surface area contributed by atoms with Crippen molar-refractivity contribution in [2.24, 2.45) is 0 Å². The number of nitrogens with one attached hydrogen (secondary N) is 1. The summed E-state index contributed by atoms with van der Waals surface area (Å²) in [6.07, 6.45) is 5.75. The molecule has 0 fully saturated rings. The summed E-state index contributed by atoms with van der Waals surface area (Å²) in [5, 5.41) is 2.77. The van der Waals surface area contributed by atoms with Crippen molar-refractivity contribution in [1.29, 1.82) is 0 Å². The van der Waals surface area contributed by atoms with Gasteiger partial charge in [-0.2, -0.15) is 0 Å². The van der Waals surface area contributed by atoms with E-state index < -0.39 is 0 Å². The fourth-order valence-corrected chi connectivity index (χ4v) is 1.91. The predicted octanol–water partition coefficient (Wildman–Crippen LogP) is 4.40. The Hall–Kier alpha value is -2.35. The molecule has 1 amide bonds. The first kappa shape index (κ1) is 14.1. The number of hydrogen-bond acceptors (Lipinski definition) is 1. The van der Waals surface area contributed by atoms with Crippen molar-refractivity contribution in [3.63, 3.8) is 0 Å². The lowest BCUT2D eigenvalue weighted by Crippen LogP contribution is -2.16. The summed E-state index contributed by atoms with van der Waals surface area (Å²) in [4.78, 5) is 11.9. The molecule has 0 aromatic heterocycles. The Bertz CT molecular complexity index is 570. The second-order valence-electron chi connectivity index (χ2n) is 4.61. The highest BCUT2D eigenvalue weighted by Crippen LogP contribution is 2.19. The van der Waals surface area contributed by atoms with E-state index in [-0.39, 0.29) is 5.91 Å². The number of carbonyl (C=O) groups is 1. The highest BCUT2D eigenvalue weighted by Gasteiger charge is 2.03. The monoisotopic (exact) mass is 265 g/mol. The number of allylic oxidation sites excluding steroid dienone is 1. The molecule has 2 nitrogen and oxygen atoms in total. The first-order valence-corrected chi connectivity index (χ1v) is 6.92. The molecule has 0 saturated heterocycles. The van der Waals surface area contributed by atoms with E-state index in [0.29, 0.717) is 5.56 Å². The Morgan fingerprint density at radius 2 is 1.65 bits per heavy atom. The minimum Gasteiger partial charge on any atom is -0.329 e. The fourth-order valence-electron chi connectivity index (χ4n) is 1.91. The van der Waals surface area contributed by atoms with E-state index in [4.69, 9.17) is 0 Å². The third kappa shape index (κ3) is 3.82. The van der Waals surface area contributed by atoms with Crippen LogP contribution in [-0.2, 0) is 0 Å². The smallest absolute Gasteiger partial charge is 0.255 e. The van der Waals surface area contributed by atoms with E-state index in [0.717, 1.165) is 24.0 Å². The third-order valence-electron chi connectivity index (χ3n) is 3.04. The highest BCUT2D eigenvalue weighted by molar-refractivity contribution is 5.95. The van der Waals surface area contributed by atoms with E-state index in [9.17, 15) is 4.79 Å². The molecule has 0 unspecified atom stereocenters. The first-order valence-electron chi connectivity index (χ1n) is 6.92. The van der Waals surface area contributed by atoms with Crippen LogP contribution in [0, 0.1) is 0 Å². The Labute approximate surface area is 120 Å². The molecule has 0 heterocycles. The van der Waals surface area contributed by atoms with Gasteiger partial charge in [0.25, 0.3) is 5.91 Å². The largest absolute Gasteiger partial charge is 0.329 e. The van der Waals surface area contributed by atoms with Crippen LogP contribution in [0.5, 0.6) is 0 Å². The molecule has 0 spiro atoms. The van der Waals surface area contributed by atoms with E-state index in [2.05, 4.69) is 24.4 Å². The number of hydrogen-bond donors (Lipinski definition) is 1. The molecule has 2 aromatic carbocycles. The topological polar surface area (TPSA) is 29.1 Å². The predicted molar refractivity (Wildman–Crippen MR) is 83.4 cm³/mol. The van der Waals surface area contributed by atoms with E-state index in [1.54, 1.807) is 6.20 Å². The van der Waals surface area contributed by atoms with Crippen molar-refractivity contribution in [2.45, 2.75) is 19.8 Å². The number of benzene rings is 2. The third-order valence-corrected chi connectivity index (χ3v) is 3.04. The molecule has 2 heteroatoms. The van der Waals surface area contributed by atoms with Gasteiger partial charge in [0.15, 0.2) is 0 Å². The van der Waals surface area contributed by atoms with Gasteiger partial charge >= 0.3 is 0 Å². The summed E-state index contributed by atoms with van der Waals surface area (Å²) in [6, 6.07) is 17.8. The van der Waals surface area contributed by atoms with Gasteiger partial charge in [-0.1, -0.05) is 61.9 Å². The Balaban J connectivity index is 2.03. The van der Waals surface area contributed by atoms with Gasteiger partial charge in [-0.25, -0.2) is 0 Å². The van der Waals surface area contributed by atoms with Gasteiger partial charge in [0.1, 0.15) is 0 Å². The van der Waals surface area contributed by atoms with Crippen LogP contribution in [0.25, 0.3) is 11.1 Å². The lowest BCUT2D eigenvalue weighted by molar-refractivity contribution is 0.0970. The summed E-state index contributed by atoms with van der Waals surface area (Å²) in [5.41, 5.74) is 2.94. The minimum atomic E-state index is -0.0723. The zero-order chi connectivity index (χ0) is 14.2. The van der Waals surface area contributed by atoms with Crippen molar-refractivity contribution in [1.82, 2.24) is 5.32 Å². The van der Waals surface area contributed by atoms with Crippen LogP contribution in [0.4, 0.5) is 0 Å². The molecule has 0 saturated carbocycles. The number of carbonyl (C=O) groups excluding carboxylic acids is 1. The van der Waals surface area contributed by atoms with Crippen molar-refractivity contribution in [2.75, 3.05) is 0 Å². The molecule has 20 heavy (non-hydrogen) atoms. The second-order valence-corrected chi connectivity index (χ2v) is 4.61. The Kier molecular flexibility index (Phi) is 5.13.